The Hall–Kier alpha value is -1.29. The van der Waals surface area contributed by atoms with Crippen molar-refractivity contribution in [2.45, 2.75) is 19.1 Å². The number of hydrogen-bond acceptors (Lipinski definition) is 3. The lowest BCUT2D eigenvalue weighted by Crippen LogP contribution is -2.32. The SMILES string of the molecule is CC(=O)N(C1=NCC(C)S1)c1ccccc1. The predicted molar refractivity (Wildman–Crippen MR) is 69.0 cm³/mol. The van der Waals surface area contributed by atoms with E-state index in [0.717, 1.165) is 17.4 Å². The van der Waals surface area contributed by atoms with E-state index in [1.54, 1.807) is 23.6 Å². The van der Waals surface area contributed by atoms with Crippen LogP contribution in [0.15, 0.2) is 35.3 Å². The van der Waals surface area contributed by atoms with Gasteiger partial charge in [0.2, 0.25) is 5.91 Å². The summed E-state index contributed by atoms with van der Waals surface area (Å²) >= 11 is 1.65. The summed E-state index contributed by atoms with van der Waals surface area (Å²) < 4.78 is 0. The number of nitrogens with zero attached hydrogens (tertiary/aromatic N) is 2. The molecule has 16 heavy (non-hydrogen) atoms. The minimum atomic E-state index is 0.00606. The summed E-state index contributed by atoms with van der Waals surface area (Å²) in [5.41, 5.74) is 0.885. The van der Waals surface area contributed by atoms with Crippen LogP contribution in [0.3, 0.4) is 0 Å². The minimum absolute atomic E-state index is 0.00606. The molecule has 0 N–H and O–H groups in total. The van der Waals surface area contributed by atoms with Crippen LogP contribution in [0.25, 0.3) is 0 Å². The van der Waals surface area contributed by atoms with Gasteiger partial charge in [-0.1, -0.05) is 36.9 Å². The first-order valence-corrected chi connectivity index (χ1v) is 6.13. The van der Waals surface area contributed by atoms with Gasteiger partial charge in [0.05, 0.1) is 12.2 Å². The Morgan fingerprint density at radius 1 is 1.44 bits per heavy atom. The van der Waals surface area contributed by atoms with Crippen LogP contribution < -0.4 is 4.90 Å². The number of hydrogen-bond donors (Lipinski definition) is 0. The molecule has 4 heteroatoms. The second-order valence-electron chi connectivity index (χ2n) is 3.74. The normalized spacial score (nSPS) is 19.4. The van der Waals surface area contributed by atoms with Crippen LogP contribution in [0, 0.1) is 0 Å². The third-order valence-corrected chi connectivity index (χ3v) is 3.38. The summed E-state index contributed by atoms with van der Waals surface area (Å²) in [6.07, 6.45) is 0. The molecule has 0 aliphatic carbocycles. The van der Waals surface area contributed by atoms with E-state index in [4.69, 9.17) is 0 Å². The Bertz CT molecular complexity index is 416. The largest absolute Gasteiger partial charge is 0.274 e. The van der Waals surface area contributed by atoms with Gasteiger partial charge in [0.25, 0.3) is 0 Å². The molecule has 0 fully saturated rings. The quantitative estimate of drug-likeness (QED) is 0.748. The Morgan fingerprint density at radius 2 is 2.12 bits per heavy atom. The van der Waals surface area contributed by atoms with Crippen LogP contribution >= 0.6 is 11.8 Å². The first kappa shape index (κ1) is 11.2. The van der Waals surface area contributed by atoms with Gasteiger partial charge in [0.1, 0.15) is 0 Å². The average molecular weight is 234 g/mol. The van der Waals surface area contributed by atoms with Crippen LogP contribution in [0.4, 0.5) is 5.69 Å². The van der Waals surface area contributed by atoms with Gasteiger partial charge in [-0.25, -0.2) is 0 Å². The number of benzene rings is 1. The smallest absolute Gasteiger partial charge is 0.230 e. The van der Waals surface area contributed by atoms with Crippen LogP contribution in [0.5, 0.6) is 0 Å². The lowest BCUT2D eigenvalue weighted by Gasteiger charge is -2.20. The maximum Gasteiger partial charge on any atom is 0.230 e. The summed E-state index contributed by atoms with van der Waals surface area (Å²) in [7, 11) is 0. The number of aliphatic imine (C=N–C) groups is 1. The highest BCUT2D eigenvalue weighted by atomic mass is 32.2. The van der Waals surface area contributed by atoms with Crippen molar-refractivity contribution < 1.29 is 4.79 Å². The molecule has 3 nitrogen and oxygen atoms in total. The van der Waals surface area contributed by atoms with Gasteiger partial charge in [-0.15, -0.1) is 0 Å². The zero-order chi connectivity index (χ0) is 11.5. The summed E-state index contributed by atoms with van der Waals surface area (Å²) in [6.45, 7) is 4.47. The van der Waals surface area contributed by atoms with Crippen LogP contribution in [-0.2, 0) is 4.79 Å². The first-order valence-electron chi connectivity index (χ1n) is 5.25. The number of carbonyl (C=O) groups excluding carboxylic acids is 1. The van der Waals surface area contributed by atoms with Gasteiger partial charge >= 0.3 is 0 Å². The monoisotopic (exact) mass is 234 g/mol. The van der Waals surface area contributed by atoms with Crippen LogP contribution in [-0.4, -0.2) is 22.9 Å². The average Bonchev–Trinajstić information content (AvgIpc) is 2.66. The fraction of sp³-hybridized carbons (Fsp3) is 0.333. The minimum Gasteiger partial charge on any atom is -0.274 e. The zero-order valence-corrected chi connectivity index (χ0v) is 10.2. The predicted octanol–water partition coefficient (Wildman–Crippen LogP) is 2.53. The molecule has 1 amide bonds. The first-order chi connectivity index (χ1) is 7.68. The van der Waals surface area contributed by atoms with Gasteiger partial charge in [0, 0.05) is 12.2 Å². The van der Waals surface area contributed by atoms with E-state index in [0.29, 0.717) is 5.25 Å². The summed E-state index contributed by atoms with van der Waals surface area (Å²) in [5, 5.41) is 1.27. The molecular formula is C12H14N2OS. The van der Waals surface area contributed by atoms with Crippen molar-refractivity contribution in [1.82, 2.24) is 0 Å². The molecule has 1 atom stereocenters. The molecule has 0 aromatic heterocycles. The molecule has 0 saturated carbocycles. The topological polar surface area (TPSA) is 32.7 Å². The molecule has 1 aliphatic heterocycles. The second kappa shape index (κ2) is 4.70. The molecule has 0 radical (unpaired) electrons. The maximum absolute atomic E-state index is 11.7. The lowest BCUT2D eigenvalue weighted by molar-refractivity contribution is -0.115. The third-order valence-electron chi connectivity index (χ3n) is 2.31. The number of para-hydroxylation sites is 1. The Labute approximate surface area is 99.6 Å². The molecule has 1 aliphatic rings. The number of amides is 1. The maximum atomic E-state index is 11.7. The molecule has 1 unspecified atom stereocenters. The number of carbonyl (C=O) groups is 1. The molecule has 1 heterocycles. The number of rotatable bonds is 1. The van der Waals surface area contributed by atoms with Gasteiger partial charge < -0.3 is 0 Å². The van der Waals surface area contributed by atoms with E-state index < -0.39 is 0 Å². The fourth-order valence-electron chi connectivity index (χ4n) is 1.59. The van der Waals surface area contributed by atoms with Gasteiger partial charge in [-0.3, -0.25) is 14.7 Å². The Kier molecular flexibility index (Phi) is 3.29. The van der Waals surface area contributed by atoms with Crippen molar-refractivity contribution >= 4 is 28.5 Å². The van der Waals surface area contributed by atoms with Crippen LogP contribution in [0.2, 0.25) is 0 Å². The van der Waals surface area contributed by atoms with E-state index in [-0.39, 0.29) is 5.91 Å². The molecule has 0 saturated heterocycles. The Balaban J connectivity index is 2.29. The molecule has 84 valence electrons. The number of anilines is 1. The van der Waals surface area contributed by atoms with Crippen molar-refractivity contribution in [2.75, 3.05) is 11.4 Å². The van der Waals surface area contributed by atoms with Crippen molar-refractivity contribution in [3.63, 3.8) is 0 Å². The standard InChI is InChI=1S/C12H14N2OS/c1-9-8-13-12(16-9)14(10(2)15)11-6-4-3-5-7-11/h3-7,9H,8H2,1-2H3. The van der Waals surface area contributed by atoms with Gasteiger partial charge in [-0.05, 0) is 12.1 Å². The summed E-state index contributed by atoms with van der Waals surface area (Å²) in [4.78, 5) is 17.7. The van der Waals surface area contributed by atoms with E-state index in [9.17, 15) is 4.79 Å². The molecule has 0 bridgehead atoms. The van der Waals surface area contributed by atoms with E-state index in [1.807, 2.05) is 30.3 Å². The molecule has 1 aromatic rings. The van der Waals surface area contributed by atoms with Gasteiger partial charge in [-0.2, -0.15) is 0 Å². The highest BCUT2D eigenvalue weighted by Crippen LogP contribution is 2.26. The molecule has 1 aromatic carbocycles. The van der Waals surface area contributed by atoms with Gasteiger partial charge in [0.15, 0.2) is 5.17 Å². The van der Waals surface area contributed by atoms with Crippen molar-refractivity contribution in [1.29, 1.82) is 0 Å². The zero-order valence-electron chi connectivity index (χ0n) is 9.38. The van der Waals surface area contributed by atoms with Crippen LogP contribution in [0.1, 0.15) is 13.8 Å². The lowest BCUT2D eigenvalue weighted by atomic mass is 10.3. The number of thioether (sulfide) groups is 1. The summed E-state index contributed by atoms with van der Waals surface area (Å²) in [5.74, 6) is 0.00606. The summed E-state index contributed by atoms with van der Waals surface area (Å²) in [6, 6.07) is 9.64. The molecular weight excluding hydrogens is 220 g/mol. The van der Waals surface area contributed by atoms with Crippen molar-refractivity contribution in [2.24, 2.45) is 4.99 Å². The molecule has 0 spiro atoms. The van der Waals surface area contributed by atoms with Crippen molar-refractivity contribution in [3.8, 4) is 0 Å². The van der Waals surface area contributed by atoms with Crippen molar-refractivity contribution in [3.05, 3.63) is 30.3 Å². The van der Waals surface area contributed by atoms with E-state index >= 15 is 0 Å². The van der Waals surface area contributed by atoms with E-state index in [2.05, 4.69) is 11.9 Å². The van der Waals surface area contributed by atoms with E-state index in [1.165, 1.54) is 0 Å². The number of amidine groups is 1. The Morgan fingerprint density at radius 3 is 2.62 bits per heavy atom. The molecule has 2 rings (SSSR count). The highest BCUT2D eigenvalue weighted by Gasteiger charge is 2.24. The third kappa shape index (κ3) is 2.27. The highest BCUT2D eigenvalue weighted by molar-refractivity contribution is 8.15. The fourth-order valence-corrected chi connectivity index (χ4v) is 2.59. The second-order valence-corrected chi connectivity index (χ2v) is 5.15.